The SMILES string of the molecule is CCN(Cc1ccncc1)C(=O)c1cccc(N)c1O. The van der Waals surface area contributed by atoms with E-state index in [4.69, 9.17) is 5.73 Å². The molecular weight excluding hydrogens is 254 g/mol. The lowest BCUT2D eigenvalue weighted by atomic mass is 10.1. The molecular formula is C15H17N3O2. The first-order valence-electron chi connectivity index (χ1n) is 6.39. The van der Waals surface area contributed by atoms with Gasteiger partial charge in [-0.1, -0.05) is 6.07 Å². The lowest BCUT2D eigenvalue weighted by Gasteiger charge is -2.21. The van der Waals surface area contributed by atoms with Gasteiger partial charge in [0.1, 0.15) is 0 Å². The Kier molecular flexibility index (Phi) is 4.20. The van der Waals surface area contributed by atoms with Crippen molar-refractivity contribution in [3.8, 4) is 5.75 Å². The molecule has 5 nitrogen and oxygen atoms in total. The van der Waals surface area contributed by atoms with E-state index in [0.29, 0.717) is 13.1 Å². The van der Waals surface area contributed by atoms with E-state index in [0.717, 1.165) is 5.56 Å². The standard InChI is InChI=1S/C15H17N3O2/c1-2-18(10-11-6-8-17-9-7-11)15(20)12-4-3-5-13(16)14(12)19/h3-9,19H,2,10,16H2,1H3. The Balaban J connectivity index is 2.23. The van der Waals surface area contributed by atoms with Crippen molar-refractivity contribution in [2.75, 3.05) is 12.3 Å². The van der Waals surface area contributed by atoms with Crippen LogP contribution < -0.4 is 5.73 Å². The van der Waals surface area contributed by atoms with Gasteiger partial charge in [-0.05, 0) is 36.8 Å². The number of rotatable bonds is 4. The normalized spacial score (nSPS) is 10.2. The Morgan fingerprint density at radius 1 is 1.30 bits per heavy atom. The van der Waals surface area contributed by atoms with E-state index < -0.39 is 0 Å². The molecule has 2 rings (SSSR count). The van der Waals surface area contributed by atoms with Gasteiger partial charge in [0.2, 0.25) is 0 Å². The van der Waals surface area contributed by atoms with E-state index in [1.165, 1.54) is 0 Å². The topological polar surface area (TPSA) is 79.5 Å². The largest absolute Gasteiger partial charge is 0.505 e. The molecule has 0 bridgehead atoms. The first-order chi connectivity index (χ1) is 9.63. The third kappa shape index (κ3) is 2.88. The predicted octanol–water partition coefficient (Wildman–Crippen LogP) is 2.03. The molecule has 0 aliphatic carbocycles. The lowest BCUT2D eigenvalue weighted by molar-refractivity contribution is 0.0749. The van der Waals surface area contributed by atoms with Gasteiger partial charge in [-0.15, -0.1) is 0 Å². The number of para-hydroxylation sites is 1. The number of phenols is 1. The number of aromatic hydroxyl groups is 1. The highest BCUT2D eigenvalue weighted by Gasteiger charge is 2.19. The van der Waals surface area contributed by atoms with E-state index in [9.17, 15) is 9.90 Å². The minimum absolute atomic E-state index is 0.161. The fourth-order valence-electron chi connectivity index (χ4n) is 1.94. The molecule has 3 N–H and O–H groups in total. The number of nitrogen functional groups attached to an aromatic ring is 1. The minimum atomic E-state index is -0.242. The average Bonchev–Trinajstić information content (AvgIpc) is 2.48. The molecule has 0 spiro atoms. The van der Waals surface area contributed by atoms with Gasteiger partial charge >= 0.3 is 0 Å². The number of nitrogens with zero attached hydrogens (tertiary/aromatic N) is 2. The molecule has 0 unspecified atom stereocenters. The van der Waals surface area contributed by atoms with Crippen LogP contribution in [-0.4, -0.2) is 27.4 Å². The van der Waals surface area contributed by atoms with Gasteiger partial charge in [0, 0.05) is 25.5 Å². The van der Waals surface area contributed by atoms with Gasteiger partial charge in [-0.2, -0.15) is 0 Å². The summed E-state index contributed by atoms with van der Waals surface area (Å²) in [7, 11) is 0. The molecule has 20 heavy (non-hydrogen) atoms. The highest BCUT2D eigenvalue weighted by atomic mass is 16.3. The summed E-state index contributed by atoms with van der Waals surface area (Å²) in [5, 5.41) is 9.90. The van der Waals surface area contributed by atoms with Crippen molar-refractivity contribution >= 4 is 11.6 Å². The Labute approximate surface area is 117 Å². The van der Waals surface area contributed by atoms with Gasteiger partial charge in [0.05, 0.1) is 11.3 Å². The molecule has 1 aromatic heterocycles. The molecule has 0 saturated heterocycles. The van der Waals surface area contributed by atoms with Crippen molar-refractivity contribution < 1.29 is 9.90 Å². The monoisotopic (exact) mass is 271 g/mol. The van der Waals surface area contributed by atoms with E-state index in [2.05, 4.69) is 4.98 Å². The molecule has 0 atom stereocenters. The number of phenolic OH excluding ortho intramolecular Hbond substituents is 1. The van der Waals surface area contributed by atoms with Gasteiger partial charge in [-0.3, -0.25) is 9.78 Å². The molecule has 1 aromatic carbocycles. The second-order valence-electron chi connectivity index (χ2n) is 4.42. The van der Waals surface area contributed by atoms with Crippen molar-refractivity contribution in [3.63, 3.8) is 0 Å². The molecule has 0 aliphatic rings. The zero-order chi connectivity index (χ0) is 14.5. The maximum absolute atomic E-state index is 12.4. The summed E-state index contributed by atoms with van der Waals surface area (Å²) < 4.78 is 0. The Bertz CT molecular complexity index is 599. The molecule has 0 radical (unpaired) electrons. The number of carbonyl (C=O) groups excluding carboxylic acids is 1. The summed E-state index contributed by atoms with van der Waals surface area (Å²) in [6, 6.07) is 8.50. The summed E-state index contributed by atoms with van der Waals surface area (Å²) >= 11 is 0. The van der Waals surface area contributed by atoms with Crippen LogP contribution in [0.25, 0.3) is 0 Å². The second kappa shape index (κ2) is 6.06. The van der Waals surface area contributed by atoms with Crippen molar-refractivity contribution in [2.24, 2.45) is 0 Å². The minimum Gasteiger partial charge on any atom is -0.505 e. The first kappa shape index (κ1) is 13.9. The Morgan fingerprint density at radius 2 is 2.00 bits per heavy atom. The van der Waals surface area contributed by atoms with E-state index in [1.807, 2.05) is 19.1 Å². The number of amides is 1. The zero-order valence-electron chi connectivity index (χ0n) is 11.3. The summed E-state index contributed by atoms with van der Waals surface area (Å²) in [6.07, 6.45) is 3.37. The number of carbonyl (C=O) groups is 1. The molecule has 2 aromatic rings. The third-order valence-corrected chi connectivity index (χ3v) is 3.09. The quantitative estimate of drug-likeness (QED) is 0.658. The molecule has 5 heteroatoms. The van der Waals surface area contributed by atoms with E-state index >= 15 is 0 Å². The maximum Gasteiger partial charge on any atom is 0.257 e. The van der Waals surface area contributed by atoms with Crippen LogP contribution in [0.2, 0.25) is 0 Å². The Morgan fingerprint density at radius 3 is 2.65 bits per heavy atom. The van der Waals surface area contributed by atoms with Crippen LogP contribution in [0.1, 0.15) is 22.8 Å². The molecule has 0 aliphatic heterocycles. The van der Waals surface area contributed by atoms with Gasteiger partial charge in [0.15, 0.2) is 5.75 Å². The number of hydrogen-bond acceptors (Lipinski definition) is 4. The summed E-state index contributed by atoms with van der Waals surface area (Å²) in [4.78, 5) is 18.0. The van der Waals surface area contributed by atoms with Crippen LogP contribution in [0.4, 0.5) is 5.69 Å². The molecule has 0 fully saturated rings. The summed E-state index contributed by atoms with van der Waals surface area (Å²) in [6.45, 7) is 2.89. The highest BCUT2D eigenvalue weighted by molar-refractivity contribution is 5.98. The maximum atomic E-state index is 12.4. The first-order valence-corrected chi connectivity index (χ1v) is 6.39. The Hall–Kier alpha value is -2.56. The number of aromatic nitrogens is 1. The molecule has 104 valence electrons. The summed E-state index contributed by atoms with van der Waals surface area (Å²) in [5.41, 5.74) is 7.04. The number of nitrogens with two attached hydrogens (primary N) is 1. The van der Waals surface area contributed by atoms with Crippen molar-refractivity contribution in [1.29, 1.82) is 0 Å². The van der Waals surface area contributed by atoms with Crippen LogP contribution in [0.3, 0.4) is 0 Å². The van der Waals surface area contributed by atoms with Crippen LogP contribution >= 0.6 is 0 Å². The van der Waals surface area contributed by atoms with E-state index in [-0.39, 0.29) is 22.9 Å². The van der Waals surface area contributed by atoms with Crippen molar-refractivity contribution in [3.05, 3.63) is 53.9 Å². The van der Waals surface area contributed by atoms with Gasteiger partial charge in [-0.25, -0.2) is 0 Å². The number of hydrogen-bond donors (Lipinski definition) is 2. The smallest absolute Gasteiger partial charge is 0.257 e. The van der Waals surface area contributed by atoms with Gasteiger partial charge < -0.3 is 15.7 Å². The van der Waals surface area contributed by atoms with Crippen molar-refractivity contribution in [2.45, 2.75) is 13.5 Å². The lowest BCUT2D eigenvalue weighted by Crippen LogP contribution is -2.30. The summed E-state index contributed by atoms with van der Waals surface area (Å²) in [5.74, 6) is -0.403. The fraction of sp³-hybridized carbons (Fsp3) is 0.200. The molecule has 1 heterocycles. The van der Waals surface area contributed by atoms with Crippen LogP contribution in [0.15, 0.2) is 42.7 Å². The van der Waals surface area contributed by atoms with Crippen LogP contribution in [-0.2, 0) is 6.54 Å². The third-order valence-electron chi connectivity index (χ3n) is 3.09. The number of anilines is 1. The number of pyridine rings is 1. The molecule has 0 saturated carbocycles. The van der Waals surface area contributed by atoms with Gasteiger partial charge in [0.25, 0.3) is 5.91 Å². The fourth-order valence-corrected chi connectivity index (χ4v) is 1.94. The van der Waals surface area contributed by atoms with Crippen LogP contribution in [0.5, 0.6) is 5.75 Å². The predicted molar refractivity (Wildman–Crippen MR) is 77.2 cm³/mol. The molecule has 1 amide bonds. The van der Waals surface area contributed by atoms with E-state index in [1.54, 1.807) is 35.5 Å². The number of benzene rings is 1. The zero-order valence-corrected chi connectivity index (χ0v) is 11.3. The van der Waals surface area contributed by atoms with Crippen LogP contribution in [0, 0.1) is 0 Å². The second-order valence-corrected chi connectivity index (χ2v) is 4.42. The van der Waals surface area contributed by atoms with Crippen molar-refractivity contribution in [1.82, 2.24) is 9.88 Å². The highest BCUT2D eigenvalue weighted by Crippen LogP contribution is 2.26. The average molecular weight is 271 g/mol.